The molecule has 1 aromatic carbocycles. The SMILES string of the molecule is C=CCOc1ccc(C[C@H](NC(C)=O)C(=O)N[C@@H](CCCCN=C(NC(=O)OC(C)(C)C)NC(=O)OC(C)(C)C)C(=O)N[C@@H](CC=C)C(=O)OC)cc1. The number of hydrogen-bond acceptors (Lipinski definition) is 11. The van der Waals surface area contributed by atoms with Crippen molar-refractivity contribution in [3.05, 3.63) is 55.1 Å². The molecule has 294 valence electrons. The van der Waals surface area contributed by atoms with Gasteiger partial charge in [-0.1, -0.05) is 30.9 Å². The smallest absolute Gasteiger partial charge is 0.414 e. The molecule has 0 saturated heterocycles. The van der Waals surface area contributed by atoms with Gasteiger partial charge >= 0.3 is 18.2 Å². The second-order valence-electron chi connectivity index (χ2n) is 13.9. The summed E-state index contributed by atoms with van der Waals surface area (Å²) in [6.45, 7) is 19.0. The lowest BCUT2D eigenvalue weighted by molar-refractivity contribution is -0.145. The third-order valence-corrected chi connectivity index (χ3v) is 6.67. The lowest BCUT2D eigenvalue weighted by Gasteiger charge is -2.24. The fraction of sp³-hybridized carbons (Fsp3) is 0.541. The summed E-state index contributed by atoms with van der Waals surface area (Å²) in [5.74, 6) is -2.06. The van der Waals surface area contributed by atoms with Crippen molar-refractivity contribution < 1.29 is 47.7 Å². The van der Waals surface area contributed by atoms with E-state index in [1.54, 1.807) is 71.9 Å². The summed E-state index contributed by atoms with van der Waals surface area (Å²) in [4.78, 5) is 80.7. The standard InChI is InChI=1S/C37H56N6O10/c1-11-15-28(32(47)50-10)41-30(45)27(40-31(46)29(39-24(3)44)23-25-17-19-26(20-18-25)51-22-12-2)16-13-14-21-38-33(42-34(48)52-36(4,5)6)43-35(49)53-37(7,8)9/h11-12,17-20,27-29H,1-2,13-16,21-23H2,3-10H3,(H,39,44)(H,40,46)(H,41,45)(H2,38,42,43,48,49)/t27-,28-,29-/m0/s1. The first-order valence-corrected chi connectivity index (χ1v) is 17.2. The molecule has 0 saturated carbocycles. The van der Waals surface area contributed by atoms with Crippen LogP contribution in [-0.4, -0.2) is 91.4 Å². The normalized spacial score (nSPS) is 12.7. The zero-order chi connectivity index (χ0) is 40.2. The number of esters is 1. The van der Waals surface area contributed by atoms with E-state index in [1.165, 1.54) is 20.1 Å². The maximum atomic E-state index is 13.6. The summed E-state index contributed by atoms with van der Waals surface area (Å²) < 4.78 is 20.8. The predicted molar refractivity (Wildman–Crippen MR) is 199 cm³/mol. The highest BCUT2D eigenvalue weighted by Crippen LogP contribution is 2.15. The van der Waals surface area contributed by atoms with E-state index in [2.05, 4.69) is 44.7 Å². The van der Waals surface area contributed by atoms with Gasteiger partial charge in [-0.2, -0.15) is 0 Å². The lowest BCUT2D eigenvalue weighted by Crippen LogP contribution is -2.56. The van der Waals surface area contributed by atoms with Gasteiger partial charge in [-0.3, -0.25) is 30.0 Å². The van der Waals surface area contributed by atoms with Crippen LogP contribution in [0.2, 0.25) is 0 Å². The fourth-order valence-corrected chi connectivity index (χ4v) is 4.47. The first-order chi connectivity index (χ1) is 24.8. The Labute approximate surface area is 311 Å². The van der Waals surface area contributed by atoms with Crippen LogP contribution in [0.1, 0.15) is 79.7 Å². The molecule has 0 heterocycles. The molecule has 16 heteroatoms. The van der Waals surface area contributed by atoms with Crippen molar-refractivity contribution in [3.8, 4) is 5.75 Å². The van der Waals surface area contributed by atoms with E-state index in [4.69, 9.17) is 18.9 Å². The van der Waals surface area contributed by atoms with Crippen LogP contribution in [0.4, 0.5) is 9.59 Å². The first-order valence-electron chi connectivity index (χ1n) is 17.2. The van der Waals surface area contributed by atoms with Crippen LogP contribution in [0.3, 0.4) is 0 Å². The summed E-state index contributed by atoms with van der Waals surface area (Å²) in [5, 5.41) is 12.8. The molecule has 0 unspecified atom stereocenters. The molecule has 5 N–H and O–H groups in total. The quantitative estimate of drug-likeness (QED) is 0.0368. The van der Waals surface area contributed by atoms with Crippen LogP contribution in [0.15, 0.2) is 54.6 Å². The summed E-state index contributed by atoms with van der Waals surface area (Å²) in [6, 6.07) is 3.72. The van der Waals surface area contributed by atoms with Gasteiger partial charge in [0.2, 0.25) is 23.7 Å². The number of rotatable bonds is 18. The number of aliphatic imine (C=N–C) groups is 1. The molecule has 5 amide bonds. The molecule has 0 spiro atoms. The fourth-order valence-electron chi connectivity index (χ4n) is 4.47. The number of amides is 5. The van der Waals surface area contributed by atoms with Gasteiger partial charge in [-0.15, -0.1) is 6.58 Å². The molecule has 0 aliphatic carbocycles. The van der Waals surface area contributed by atoms with Gasteiger partial charge < -0.3 is 34.9 Å². The van der Waals surface area contributed by atoms with Gasteiger partial charge in [0.25, 0.3) is 0 Å². The van der Waals surface area contributed by atoms with E-state index < -0.39 is 65.2 Å². The van der Waals surface area contributed by atoms with Gasteiger partial charge in [0, 0.05) is 19.9 Å². The van der Waals surface area contributed by atoms with Crippen molar-refractivity contribution in [3.63, 3.8) is 0 Å². The zero-order valence-electron chi connectivity index (χ0n) is 32.1. The molecular formula is C37H56N6O10. The number of ether oxygens (including phenoxy) is 4. The van der Waals surface area contributed by atoms with Gasteiger partial charge in [0.1, 0.15) is 41.7 Å². The Morgan fingerprint density at radius 3 is 1.81 bits per heavy atom. The predicted octanol–water partition coefficient (Wildman–Crippen LogP) is 3.59. The minimum absolute atomic E-state index is 0.0749. The molecule has 53 heavy (non-hydrogen) atoms. The van der Waals surface area contributed by atoms with Gasteiger partial charge in [-0.05, 0) is 84.9 Å². The maximum Gasteiger partial charge on any atom is 0.414 e. The topological polar surface area (TPSA) is 212 Å². The van der Waals surface area contributed by atoms with E-state index in [9.17, 15) is 28.8 Å². The van der Waals surface area contributed by atoms with Crippen molar-refractivity contribution in [1.29, 1.82) is 0 Å². The highest BCUT2D eigenvalue weighted by atomic mass is 16.6. The number of hydrogen-bond donors (Lipinski definition) is 5. The molecule has 1 rings (SSSR count). The Hall–Kier alpha value is -5.41. The van der Waals surface area contributed by atoms with E-state index in [-0.39, 0.29) is 31.8 Å². The highest BCUT2D eigenvalue weighted by Gasteiger charge is 2.29. The lowest BCUT2D eigenvalue weighted by atomic mass is 10.0. The van der Waals surface area contributed by atoms with E-state index in [1.807, 2.05) is 0 Å². The zero-order valence-corrected chi connectivity index (χ0v) is 32.1. The molecule has 3 atom stereocenters. The van der Waals surface area contributed by atoms with Crippen LogP contribution >= 0.6 is 0 Å². The number of carbonyl (C=O) groups excluding carboxylic acids is 6. The van der Waals surface area contributed by atoms with Crippen molar-refractivity contribution in [2.24, 2.45) is 4.99 Å². The van der Waals surface area contributed by atoms with Crippen molar-refractivity contribution >= 4 is 41.8 Å². The van der Waals surface area contributed by atoms with Crippen LogP contribution in [0.25, 0.3) is 0 Å². The molecule has 0 radical (unpaired) electrons. The van der Waals surface area contributed by atoms with Crippen molar-refractivity contribution in [2.45, 2.75) is 110 Å². The maximum absolute atomic E-state index is 13.6. The molecular weight excluding hydrogens is 688 g/mol. The number of methoxy groups -OCH3 is 1. The minimum atomic E-state index is -1.14. The number of alkyl carbamates (subject to hydrolysis) is 2. The summed E-state index contributed by atoms with van der Waals surface area (Å²) >= 11 is 0. The Kier molecular flexibility index (Phi) is 19.4. The van der Waals surface area contributed by atoms with Crippen LogP contribution in [0.5, 0.6) is 5.75 Å². The third kappa shape index (κ3) is 20.3. The molecule has 0 bridgehead atoms. The number of nitrogens with one attached hydrogen (secondary N) is 5. The second-order valence-corrected chi connectivity index (χ2v) is 13.9. The largest absolute Gasteiger partial charge is 0.490 e. The molecule has 1 aromatic rings. The van der Waals surface area contributed by atoms with Crippen LogP contribution in [-0.2, 0) is 39.8 Å². The number of carbonyl (C=O) groups is 6. The minimum Gasteiger partial charge on any atom is -0.490 e. The summed E-state index contributed by atoms with van der Waals surface area (Å²) in [6.07, 6.45) is 2.28. The Morgan fingerprint density at radius 2 is 1.32 bits per heavy atom. The highest BCUT2D eigenvalue weighted by molar-refractivity contribution is 6.01. The average molecular weight is 745 g/mol. The molecule has 0 aromatic heterocycles. The Morgan fingerprint density at radius 1 is 0.774 bits per heavy atom. The van der Waals surface area contributed by atoms with E-state index in [0.29, 0.717) is 25.2 Å². The second kappa shape index (κ2) is 22.5. The van der Waals surface area contributed by atoms with Crippen molar-refractivity contribution in [2.75, 3.05) is 20.3 Å². The number of unbranched alkanes of at least 4 members (excludes halogenated alkanes) is 1. The van der Waals surface area contributed by atoms with E-state index in [0.717, 1.165) is 5.56 Å². The first kappa shape index (κ1) is 45.6. The van der Waals surface area contributed by atoms with Gasteiger partial charge in [0.15, 0.2) is 0 Å². The molecule has 0 aliphatic rings. The van der Waals surface area contributed by atoms with Gasteiger partial charge in [0.05, 0.1) is 7.11 Å². The van der Waals surface area contributed by atoms with Crippen molar-refractivity contribution in [1.82, 2.24) is 26.6 Å². The monoisotopic (exact) mass is 744 g/mol. The molecule has 0 fully saturated rings. The third-order valence-electron chi connectivity index (χ3n) is 6.67. The van der Waals surface area contributed by atoms with Gasteiger partial charge in [-0.25, -0.2) is 14.4 Å². The number of nitrogens with zero attached hydrogens (tertiary/aromatic N) is 1. The number of guanidine groups is 1. The average Bonchev–Trinajstić information content (AvgIpc) is 3.04. The Balaban J connectivity index is 3.20. The Bertz CT molecular complexity index is 1420. The summed E-state index contributed by atoms with van der Waals surface area (Å²) in [7, 11) is 1.18. The van der Waals surface area contributed by atoms with Crippen LogP contribution in [0, 0.1) is 0 Å². The number of benzene rings is 1. The molecule has 0 aliphatic heterocycles. The van der Waals surface area contributed by atoms with Crippen LogP contribution < -0.4 is 31.3 Å². The summed E-state index contributed by atoms with van der Waals surface area (Å²) in [5.41, 5.74) is -0.913. The van der Waals surface area contributed by atoms with E-state index >= 15 is 0 Å². The molecule has 16 nitrogen and oxygen atoms in total.